The molecule has 0 saturated heterocycles. The van der Waals surface area contributed by atoms with Gasteiger partial charge < -0.3 is 4.74 Å². The minimum atomic E-state index is 0.459. The summed E-state index contributed by atoms with van der Waals surface area (Å²) in [7, 11) is 0. The Hall–Kier alpha value is -2.16. The predicted octanol–water partition coefficient (Wildman–Crippen LogP) is 4.39. The van der Waals surface area contributed by atoms with Gasteiger partial charge in [0.25, 0.3) is 0 Å². The molecule has 0 fully saturated rings. The predicted molar refractivity (Wildman–Crippen MR) is 74.6 cm³/mol. The van der Waals surface area contributed by atoms with Gasteiger partial charge in [-0.25, -0.2) is 0 Å². The molecule has 1 heterocycles. The summed E-state index contributed by atoms with van der Waals surface area (Å²) in [6.07, 6.45) is 0. The Balaban J connectivity index is 2.11. The fourth-order valence-corrected chi connectivity index (χ4v) is 2.31. The van der Waals surface area contributed by atoms with Crippen LogP contribution in [-0.2, 0) is 0 Å². The summed E-state index contributed by atoms with van der Waals surface area (Å²) in [6.45, 7) is 6.78. The lowest BCUT2D eigenvalue weighted by Gasteiger charge is -2.16. The second kappa shape index (κ2) is 4.50. The molecule has 3 heteroatoms. The lowest BCUT2D eigenvalue weighted by molar-refractivity contribution is -0.544. The van der Waals surface area contributed by atoms with Crippen molar-refractivity contribution in [3.05, 3.63) is 53.1 Å². The molecular weight excluding hydrogens is 236 g/mol. The van der Waals surface area contributed by atoms with Gasteiger partial charge in [-0.05, 0) is 48.2 Å². The van der Waals surface area contributed by atoms with Crippen LogP contribution in [0.2, 0.25) is 0 Å². The monoisotopic (exact) mass is 253 g/mol. The number of para-hydroxylation sites is 1. The molecule has 0 atom stereocenters. The highest BCUT2D eigenvalue weighted by molar-refractivity contribution is 5.60. The van der Waals surface area contributed by atoms with Crippen molar-refractivity contribution in [2.75, 3.05) is 6.73 Å². The second-order valence-corrected chi connectivity index (χ2v) is 4.90. The van der Waals surface area contributed by atoms with Crippen LogP contribution in [0.4, 0.5) is 11.4 Å². The summed E-state index contributed by atoms with van der Waals surface area (Å²) in [6, 6.07) is 12.2. The zero-order valence-electron chi connectivity index (χ0n) is 11.5. The van der Waals surface area contributed by atoms with Gasteiger partial charge in [0.1, 0.15) is 0 Å². The smallest absolute Gasteiger partial charge is 0.317 e. The van der Waals surface area contributed by atoms with Gasteiger partial charge in [0, 0.05) is 17.2 Å². The molecule has 96 valence electrons. The zero-order valence-corrected chi connectivity index (χ0v) is 11.5. The molecule has 0 amide bonds. The van der Waals surface area contributed by atoms with Gasteiger partial charge in [0.15, 0.2) is 11.4 Å². The van der Waals surface area contributed by atoms with Gasteiger partial charge in [-0.15, -0.1) is 0 Å². The summed E-state index contributed by atoms with van der Waals surface area (Å²) in [5.41, 5.74) is 5.67. The van der Waals surface area contributed by atoms with E-state index in [9.17, 15) is 0 Å². The van der Waals surface area contributed by atoms with Crippen LogP contribution in [0.3, 0.4) is 0 Å². The van der Waals surface area contributed by atoms with Gasteiger partial charge in [-0.3, -0.25) is 0 Å². The topological polar surface area (TPSA) is 24.6 Å². The van der Waals surface area contributed by atoms with Crippen LogP contribution in [0.1, 0.15) is 16.7 Å². The summed E-state index contributed by atoms with van der Waals surface area (Å²) >= 11 is 0. The van der Waals surface area contributed by atoms with Gasteiger partial charge in [0.2, 0.25) is 5.69 Å². The first kappa shape index (κ1) is 11.9. The quantitative estimate of drug-likeness (QED) is 0.692. The third kappa shape index (κ3) is 2.01. The van der Waals surface area contributed by atoms with Gasteiger partial charge >= 0.3 is 6.73 Å². The molecule has 1 aliphatic heterocycles. The molecule has 19 heavy (non-hydrogen) atoms. The lowest BCUT2D eigenvalue weighted by atomic mass is 10.0. The first-order valence-electron chi connectivity index (χ1n) is 6.44. The van der Waals surface area contributed by atoms with Crippen LogP contribution < -0.4 is 4.74 Å². The van der Waals surface area contributed by atoms with Crippen molar-refractivity contribution in [3.8, 4) is 5.75 Å². The normalized spacial score (nSPS) is 13.5. The maximum absolute atomic E-state index is 5.89. The Morgan fingerprint density at radius 1 is 1.05 bits per heavy atom. The third-order valence-electron chi connectivity index (χ3n) is 3.69. The standard InChI is InChI=1S/C16H17N2O/c1-11-9-15-16(13(3)12(11)2)19-10-18(17-15)14-7-5-4-6-8-14/h4-9H,10H2,1-3H3/q+1. The Kier molecular flexibility index (Phi) is 2.82. The average molecular weight is 253 g/mol. The van der Waals surface area contributed by atoms with Gasteiger partial charge in [-0.1, -0.05) is 18.2 Å². The Morgan fingerprint density at radius 3 is 2.53 bits per heavy atom. The minimum Gasteiger partial charge on any atom is -0.431 e. The number of fused-ring (bicyclic) bond motifs is 1. The van der Waals surface area contributed by atoms with E-state index in [4.69, 9.17) is 4.74 Å². The van der Waals surface area contributed by atoms with Gasteiger partial charge in [0.05, 0.1) is 0 Å². The highest BCUT2D eigenvalue weighted by Crippen LogP contribution is 2.38. The summed E-state index contributed by atoms with van der Waals surface area (Å²) in [5.74, 6) is 0.912. The van der Waals surface area contributed by atoms with E-state index in [0.717, 1.165) is 17.1 Å². The third-order valence-corrected chi connectivity index (χ3v) is 3.69. The largest absolute Gasteiger partial charge is 0.431 e. The van der Waals surface area contributed by atoms with Gasteiger partial charge in [-0.2, -0.15) is 0 Å². The van der Waals surface area contributed by atoms with Crippen LogP contribution in [0, 0.1) is 20.8 Å². The Bertz CT molecular complexity index is 660. The van der Waals surface area contributed by atoms with Crippen molar-refractivity contribution in [2.24, 2.45) is 5.11 Å². The number of hydrogen-bond acceptors (Lipinski definition) is 2. The molecule has 0 aliphatic carbocycles. The van der Waals surface area contributed by atoms with Crippen molar-refractivity contribution in [3.63, 3.8) is 0 Å². The molecular formula is C16H17N2O+. The molecule has 0 bridgehead atoms. The molecule has 3 rings (SSSR count). The van der Waals surface area contributed by atoms with Crippen molar-refractivity contribution >= 4 is 11.4 Å². The van der Waals surface area contributed by atoms with Crippen LogP contribution >= 0.6 is 0 Å². The second-order valence-electron chi connectivity index (χ2n) is 4.90. The molecule has 0 radical (unpaired) electrons. The molecule has 0 aromatic heterocycles. The van der Waals surface area contributed by atoms with E-state index in [1.54, 1.807) is 0 Å². The number of hydrogen-bond donors (Lipinski definition) is 0. The van der Waals surface area contributed by atoms with E-state index in [1.807, 2.05) is 35.0 Å². The first-order chi connectivity index (χ1) is 9.16. The number of aryl methyl sites for hydroxylation is 1. The van der Waals surface area contributed by atoms with Crippen molar-refractivity contribution in [1.82, 2.24) is 0 Å². The fourth-order valence-electron chi connectivity index (χ4n) is 2.31. The van der Waals surface area contributed by atoms with Crippen LogP contribution in [0.25, 0.3) is 0 Å². The van der Waals surface area contributed by atoms with E-state index >= 15 is 0 Å². The summed E-state index contributed by atoms with van der Waals surface area (Å²) < 4.78 is 7.77. The highest BCUT2D eigenvalue weighted by atomic mass is 16.5. The average Bonchev–Trinajstić information content (AvgIpc) is 2.45. The molecule has 0 N–H and O–H groups in total. The number of ether oxygens (including phenoxy) is 1. The number of nitrogens with zero attached hydrogens (tertiary/aromatic N) is 2. The summed E-state index contributed by atoms with van der Waals surface area (Å²) in [4.78, 5) is 0. The van der Waals surface area contributed by atoms with E-state index in [1.165, 1.54) is 16.7 Å². The SMILES string of the molecule is Cc1cc2c(c(C)c1C)OC[N+](c1ccccc1)=N2. The fraction of sp³-hybridized carbons (Fsp3) is 0.250. The van der Waals surface area contributed by atoms with E-state index < -0.39 is 0 Å². The summed E-state index contributed by atoms with van der Waals surface area (Å²) in [5, 5.41) is 4.69. The molecule has 2 aromatic carbocycles. The molecule has 1 aliphatic rings. The zero-order chi connectivity index (χ0) is 13.4. The Morgan fingerprint density at radius 2 is 1.79 bits per heavy atom. The first-order valence-corrected chi connectivity index (χ1v) is 6.44. The highest BCUT2D eigenvalue weighted by Gasteiger charge is 2.23. The van der Waals surface area contributed by atoms with Crippen LogP contribution in [0.5, 0.6) is 5.75 Å². The number of benzene rings is 2. The number of rotatable bonds is 1. The van der Waals surface area contributed by atoms with Crippen molar-refractivity contribution in [1.29, 1.82) is 0 Å². The van der Waals surface area contributed by atoms with Crippen LogP contribution in [0.15, 0.2) is 41.5 Å². The lowest BCUT2D eigenvalue weighted by Crippen LogP contribution is -2.16. The molecule has 0 saturated carbocycles. The maximum Gasteiger partial charge on any atom is 0.317 e. The number of azo groups is 2. The van der Waals surface area contributed by atoms with Crippen LogP contribution in [-0.4, -0.2) is 11.4 Å². The Labute approximate surface area is 113 Å². The van der Waals surface area contributed by atoms with E-state index in [-0.39, 0.29) is 0 Å². The van der Waals surface area contributed by atoms with Crippen molar-refractivity contribution < 1.29 is 9.43 Å². The van der Waals surface area contributed by atoms with E-state index in [0.29, 0.717) is 6.73 Å². The minimum absolute atomic E-state index is 0.459. The molecule has 2 aromatic rings. The molecule has 0 unspecified atom stereocenters. The molecule has 3 nitrogen and oxygen atoms in total. The maximum atomic E-state index is 5.89. The van der Waals surface area contributed by atoms with E-state index in [2.05, 4.69) is 32.0 Å². The molecule has 0 spiro atoms. The van der Waals surface area contributed by atoms with Crippen molar-refractivity contribution in [2.45, 2.75) is 20.8 Å².